The molecule has 6 atom stereocenters. The Labute approximate surface area is 249 Å². The van der Waals surface area contributed by atoms with Crippen LogP contribution in [0, 0.1) is 4.77 Å². The van der Waals surface area contributed by atoms with Gasteiger partial charge < -0.3 is 25.6 Å². The van der Waals surface area contributed by atoms with Crippen molar-refractivity contribution in [3.63, 3.8) is 0 Å². The summed E-state index contributed by atoms with van der Waals surface area (Å²) in [6.07, 6.45) is 16.0. The lowest BCUT2D eigenvalue weighted by Crippen LogP contribution is -2.44. The van der Waals surface area contributed by atoms with Crippen molar-refractivity contribution in [1.82, 2.24) is 9.55 Å². The minimum absolute atomic E-state index is 0.0134. The number of nitrogens with zero attached hydrogens (tertiary/aromatic N) is 1. The Morgan fingerprint density at radius 2 is 1.61 bits per heavy atom. The van der Waals surface area contributed by atoms with Crippen LogP contribution < -0.4 is 11.3 Å². The zero-order valence-electron chi connectivity index (χ0n) is 24.7. The number of ether oxygens (including phenoxy) is 1. The van der Waals surface area contributed by atoms with E-state index in [0.717, 1.165) is 19.3 Å². The molecule has 0 bridgehead atoms. The van der Waals surface area contributed by atoms with Gasteiger partial charge in [0, 0.05) is 18.3 Å². The number of aromatic nitrogens is 2. The number of phosphoric ester groups is 1. The first-order valence-electron chi connectivity index (χ1n) is 15.2. The second-order valence-electron chi connectivity index (χ2n) is 11.4. The minimum Gasteiger partial charge on any atom is -0.387 e. The molecule has 1 aliphatic heterocycles. The molecule has 0 aromatic carbocycles. The quantitative estimate of drug-likeness (QED) is 0.0655. The van der Waals surface area contributed by atoms with Crippen LogP contribution >= 0.6 is 20.0 Å². The molecular formula is C28H52N3O8PS. The molecule has 1 aromatic heterocycles. The molecule has 41 heavy (non-hydrogen) atoms. The number of nitrogens with one attached hydrogen (secondary N) is 1. The lowest BCUT2D eigenvalue weighted by atomic mass is 9.96. The standard InChI is InChI=1S/C28H52N3O8PS/c1-3-4-5-6-7-8-9-10-11-12-13-14-15-16-17-22(29)20-37-40(35,36)38-21-23-25(33)28(2,34)26(39-23)31-19-18-24(32)30-27(31)41/h18-19,22-23,25-26,33-34H,3-17,20-21,29H2,1-2H3,(H,35,36)(H,30,32,41)/t22-,23-,25+,26-,28?/m1/s1. The van der Waals surface area contributed by atoms with Gasteiger partial charge in [-0.2, -0.15) is 0 Å². The van der Waals surface area contributed by atoms with Crippen LogP contribution in [0.1, 0.15) is 116 Å². The van der Waals surface area contributed by atoms with Gasteiger partial charge in [-0.3, -0.25) is 23.4 Å². The fraction of sp³-hybridized carbons (Fsp3) is 0.857. The summed E-state index contributed by atoms with van der Waals surface area (Å²) in [5.41, 5.74) is 3.82. The average molecular weight is 622 g/mol. The van der Waals surface area contributed by atoms with Gasteiger partial charge >= 0.3 is 7.82 Å². The third-order valence-electron chi connectivity index (χ3n) is 7.64. The fourth-order valence-corrected chi connectivity index (χ4v) is 6.12. The predicted molar refractivity (Wildman–Crippen MR) is 161 cm³/mol. The Kier molecular flexibility index (Phi) is 16.5. The molecule has 11 nitrogen and oxygen atoms in total. The summed E-state index contributed by atoms with van der Waals surface area (Å²) in [5.74, 6) is 0. The zero-order valence-corrected chi connectivity index (χ0v) is 26.5. The summed E-state index contributed by atoms with van der Waals surface area (Å²) >= 11 is 5.11. The molecule has 238 valence electrons. The maximum atomic E-state index is 12.4. The van der Waals surface area contributed by atoms with Crippen molar-refractivity contribution in [3.05, 3.63) is 27.4 Å². The van der Waals surface area contributed by atoms with Crippen LogP contribution in [0.25, 0.3) is 0 Å². The molecule has 1 aliphatic rings. The van der Waals surface area contributed by atoms with Gasteiger partial charge in [0.1, 0.15) is 17.8 Å². The van der Waals surface area contributed by atoms with Crippen LogP contribution in [0.2, 0.25) is 0 Å². The Morgan fingerprint density at radius 1 is 1.07 bits per heavy atom. The van der Waals surface area contributed by atoms with E-state index in [-0.39, 0.29) is 11.4 Å². The number of H-pyrrole nitrogens is 1. The first-order valence-corrected chi connectivity index (χ1v) is 17.1. The highest BCUT2D eigenvalue weighted by atomic mass is 32.1. The summed E-state index contributed by atoms with van der Waals surface area (Å²) in [7, 11) is -4.48. The van der Waals surface area contributed by atoms with Gasteiger partial charge in [0.15, 0.2) is 11.0 Å². The normalized spacial score (nSPS) is 24.9. The SMILES string of the molecule is CCCCCCCCCCCCCCCC[C@@H](N)COP(=O)(O)OC[C@H]1O[C@@H](n2ccc(=O)[nH]c2=S)C(C)(O)[C@H]1O. The molecule has 1 aromatic rings. The number of rotatable bonds is 22. The molecule has 13 heteroatoms. The summed E-state index contributed by atoms with van der Waals surface area (Å²) in [4.78, 5) is 24.0. The number of nitrogens with two attached hydrogens (primary N) is 1. The molecule has 2 unspecified atom stereocenters. The second kappa shape index (κ2) is 18.7. The van der Waals surface area contributed by atoms with E-state index in [9.17, 15) is 24.5 Å². The average Bonchev–Trinajstić information content (AvgIpc) is 3.14. The van der Waals surface area contributed by atoms with E-state index in [2.05, 4.69) is 11.9 Å². The fourth-order valence-electron chi connectivity index (χ4n) is 5.07. The molecule has 0 spiro atoms. The van der Waals surface area contributed by atoms with E-state index < -0.39 is 50.1 Å². The lowest BCUT2D eigenvalue weighted by molar-refractivity contribution is -0.0978. The van der Waals surface area contributed by atoms with Gasteiger partial charge in [-0.25, -0.2) is 4.57 Å². The lowest BCUT2D eigenvalue weighted by Gasteiger charge is -2.27. The summed E-state index contributed by atoms with van der Waals surface area (Å²) < 4.78 is 29.4. The Bertz CT molecular complexity index is 1040. The van der Waals surface area contributed by atoms with Crippen molar-refractivity contribution in [1.29, 1.82) is 0 Å². The van der Waals surface area contributed by atoms with Crippen LogP contribution in [0.15, 0.2) is 17.1 Å². The van der Waals surface area contributed by atoms with Crippen molar-refractivity contribution in [2.45, 2.75) is 140 Å². The molecule has 6 N–H and O–H groups in total. The largest absolute Gasteiger partial charge is 0.472 e. The van der Waals surface area contributed by atoms with Gasteiger partial charge in [-0.1, -0.05) is 96.8 Å². The molecule has 2 rings (SSSR count). The van der Waals surface area contributed by atoms with Gasteiger partial charge in [-0.15, -0.1) is 0 Å². The minimum atomic E-state index is -4.48. The number of aliphatic hydroxyl groups excluding tert-OH is 1. The van der Waals surface area contributed by atoms with Crippen LogP contribution in [0.3, 0.4) is 0 Å². The van der Waals surface area contributed by atoms with E-state index in [1.807, 2.05) is 0 Å². The van der Waals surface area contributed by atoms with Gasteiger partial charge in [0.05, 0.1) is 13.2 Å². The van der Waals surface area contributed by atoms with Crippen molar-refractivity contribution in [2.24, 2.45) is 5.73 Å². The molecular weight excluding hydrogens is 569 g/mol. The predicted octanol–water partition coefficient (Wildman–Crippen LogP) is 5.25. The highest BCUT2D eigenvalue weighted by Crippen LogP contribution is 2.45. The Hall–Kier alpha value is -0.950. The van der Waals surface area contributed by atoms with E-state index in [4.69, 9.17) is 31.7 Å². The molecule has 1 fully saturated rings. The van der Waals surface area contributed by atoms with Crippen molar-refractivity contribution in [2.75, 3.05) is 13.2 Å². The molecule has 0 saturated carbocycles. The topological polar surface area (TPSA) is 169 Å². The number of hydrogen-bond donors (Lipinski definition) is 5. The number of unbranched alkanes of at least 4 members (excludes halogenated alkanes) is 13. The highest BCUT2D eigenvalue weighted by Gasteiger charge is 2.53. The molecule has 0 aliphatic carbocycles. The third kappa shape index (κ3) is 13.1. The molecule has 0 radical (unpaired) electrons. The van der Waals surface area contributed by atoms with E-state index >= 15 is 0 Å². The first-order chi connectivity index (χ1) is 19.5. The Morgan fingerprint density at radius 3 is 2.15 bits per heavy atom. The van der Waals surface area contributed by atoms with Crippen molar-refractivity contribution >= 4 is 20.0 Å². The van der Waals surface area contributed by atoms with Gasteiger partial charge in [0.2, 0.25) is 0 Å². The van der Waals surface area contributed by atoms with Crippen molar-refractivity contribution in [3.8, 4) is 0 Å². The van der Waals surface area contributed by atoms with Crippen LogP contribution in [-0.4, -0.2) is 61.7 Å². The van der Waals surface area contributed by atoms with E-state index in [0.29, 0.717) is 6.42 Å². The van der Waals surface area contributed by atoms with Crippen LogP contribution in [0.4, 0.5) is 0 Å². The third-order valence-corrected chi connectivity index (χ3v) is 8.90. The number of hydrogen-bond acceptors (Lipinski definition) is 9. The number of aromatic amines is 1. The van der Waals surface area contributed by atoms with Gasteiger partial charge in [-0.05, 0) is 25.6 Å². The number of phosphoric acid groups is 1. The first kappa shape index (κ1) is 36.2. The molecule has 2 heterocycles. The smallest absolute Gasteiger partial charge is 0.387 e. The molecule has 0 amide bonds. The number of aliphatic hydroxyl groups is 2. The summed E-state index contributed by atoms with van der Waals surface area (Å²) in [5, 5.41) is 21.4. The van der Waals surface area contributed by atoms with E-state index in [1.165, 1.54) is 94.4 Å². The monoisotopic (exact) mass is 621 g/mol. The highest BCUT2D eigenvalue weighted by molar-refractivity contribution is 7.71. The second-order valence-corrected chi connectivity index (χ2v) is 13.3. The maximum absolute atomic E-state index is 12.4. The van der Waals surface area contributed by atoms with Crippen LogP contribution in [-0.2, 0) is 18.3 Å². The van der Waals surface area contributed by atoms with E-state index in [1.54, 1.807) is 0 Å². The maximum Gasteiger partial charge on any atom is 0.472 e. The summed E-state index contributed by atoms with van der Waals surface area (Å²) in [6.45, 7) is 2.92. The van der Waals surface area contributed by atoms with Gasteiger partial charge in [0.25, 0.3) is 5.56 Å². The Balaban J connectivity index is 1.57. The van der Waals surface area contributed by atoms with Crippen molar-refractivity contribution < 1.29 is 33.5 Å². The molecule has 1 saturated heterocycles. The zero-order chi connectivity index (χ0) is 30.3. The van der Waals surface area contributed by atoms with Crippen LogP contribution in [0.5, 0.6) is 0 Å². The summed E-state index contributed by atoms with van der Waals surface area (Å²) in [6, 6.07) is 0.792.